The SMILES string of the molecule is CC(=O)c1ccc(NC(=O)C(C)Sc2cnc3ccccc3n2)cc1. The molecule has 6 heteroatoms. The number of para-hydroxylation sites is 2. The van der Waals surface area contributed by atoms with Gasteiger partial charge in [0.25, 0.3) is 0 Å². The van der Waals surface area contributed by atoms with E-state index < -0.39 is 0 Å². The van der Waals surface area contributed by atoms with Gasteiger partial charge in [-0.3, -0.25) is 14.6 Å². The van der Waals surface area contributed by atoms with Gasteiger partial charge in [0.05, 0.1) is 22.5 Å². The number of aromatic nitrogens is 2. The number of carbonyl (C=O) groups is 2. The van der Waals surface area contributed by atoms with Crippen molar-refractivity contribution in [2.24, 2.45) is 0 Å². The maximum atomic E-state index is 12.4. The van der Waals surface area contributed by atoms with E-state index in [1.165, 1.54) is 18.7 Å². The maximum absolute atomic E-state index is 12.4. The Morgan fingerprint density at radius 3 is 2.40 bits per heavy atom. The minimum absolute atomic E-state index is 0.00308. The number of Topliss-reactive ketones (excluding diaryl/α,β-unsaturated/α-hetero) is 1. The van der Waals surface area contributed by atoms with Gasteiger partial charge in [0.2, 0.25) is 5.91 Å². The highest BCUT2D eigenvalue weighted by molar-refractivity contribution is 8.00. The van der Waals surface area contributed by atoms with Crippen molar-refractivity contribution in [2.75, 3.05) is 5.32 Å². The third-order valence-corrected chi connectivity index (χ3v) is 4.66. The average Bonchev–Trinajstić information content (AvgIpc) is 2.62. The molecule has 0 spiro atoms. The Morgan fingerprint density at radius 2 is 1.72 bits per heavy atom. The molecule has 126 valence electrons. The minimum atomic E-state index is -0.331. The first-order valence-corrected chi connectivity index (χ1v) is 8.71. The summed E-state index contributed by atoms with van der Waals surface area (Å²) in [5.74, 6) is -0.132. The number of thioether (sulfide) groups is 1. The van der Waals surface area contributed by atoms with Gasteiger partial charge in [-0.25, -0.2) is 4.98 Å². The van der Waals surface area contributed by atoms with E-state index in [9.17, 15) is 9.59 Å². The van der Waals surface area contributed by atoms with Gasteiger partial charge in [0.15, 0.2) is 5.78 Å². The highest BCUT2D eigenvalue weighted by Crippen LogP contribution is 2.23. The second-order valence-corrected chi connectivity index (χ2v) is 6.94. The third-order valence-electron chi connectivity index (χ3n) is 3.65. The zero-order valence-electron chi connectivity index (χ0n) is 13.9. The number of ketones is 1. The number of amides is 1. The van der Waals surface area contributed by atoms with Crippen LogP contribution in [0.4, 0.5) is 5.69 Å². The fourth-order valence-electron chi connectivity index (χ4n) is 2.26. The molecule has 1 N–H and O–H groups in total. The highest BCUT2D eigenvalue weighted by atomic mass is 32.2. The Morgan fingerprint density at radius 1 is 1.04 bits per heavy atom. The molecule has 2 aromatic carbocycles. The van der Waals surface area contributed by atoms with Crippen LogP contribution in [0.2, 0.25) is 0 Å². The molecule has 0 saturated heterocycles. The smallest absolute Gasteiger partial charge is 0.237 e. The van der Waals surface area contributed by atoms with Crippen LogP contribution in [0, 0.1) is 0 Å². The molecule has 0 bridgehead atoms. The Balaban J connectivity index is 1.66. The van der Waals surface area contributed by atoms with Crippen molar-refractivity contribution in [3.63, 3.8) is 0 Å². The molecule has 0 radical (unpaired) electrons. The van der Waals surface area contributed by atoms with Crippen molar-refractivity contribution in [1.29, 1.82) is 0 Å². The van der Waals surface area contributed by atoms with Crippen molar-refractivity contribution in [2.45, 2.75) is 24.1 Å². The van der Waals surface area contributed by atoms with E-state index in [4.69, 9.17) is 0 Å². The van der Waals surface area contributed by atoms with Crippen LogP contribution in [0.1, 0.15) is 24.2 Å². The highest BCUT2D eigenvalue weighted by Gasteiger charge is 2.16. The van der Waals surface area contributed by atoms with Gasteiger partial charge in [0, 0.05) is 11.3 Å². The van der Waals surface area contributed by atoms with Crippen LogP contribution in [-0.2, 0) is 4.79 Å². The second kappa shape index (κ2) is 7.44. The van der Waals surface area contributed by atoms with Gasteiger partial charge >= 0.3 is 0 Å². The van der Waals surface area contributed by atoms with Gasteiger partial charge in [0.1, 0.15) is 5.03 Å². The van der Waals surface area contributed by atoms with Crippen LogP contribution in [0.3, 0.4) is 0 Å². The lowest BCUT2D eigenvalue weighted by Crippen LogP contribution is -2.22. The fourth-order valence-corrected chi connectivity index (χ4v) is 3.06. The van der Waals surface area contributed by atoms with E-state index in [-0.39, 0.29) is 16.9 Å². The summed E-state index contributed by atoms with van der Waals surface area (Å²) in [6, 6.07) is 14.5. The number of fused-ring (bicyclic) bond motifs is 1. The van der Waals surface area contributed by atoms with E-state index >= 15 is 0 Å². The van der Waals surface area contributed by atoms with E-state index in [2.05, 4.69) is 15.3 Å². The van der Waals surface area contributed by atoms with Gasteiger partial charge < -0.3 is 5.32 Å². The average molecular weight is 351 g/mol. The lowest BCUT2D eigenvalue weighted by molar-refractivity contribution is -0.115. The van der Waals surface area contributed by atoms with Gasteiger partial charge in [-0.15, -0.1) is 0 Å². The zero-order valence-corrected chi connectivity index (χ0v) is 14.7. The summed E-state index contributed by atoms with van der Waals surface area (Å²) in [4.78, 5) is 32.5. The third kappa shape index (κ3) is 4.22. The molecule has 0 aliphatic carbocycles. The number of nitrogens with zero attached hydrogens (tertiary/aromatic N) is 2. The molecule has 0 fully saturated rings. The number of hydrogen-bond donors (Lipinski definition) is 1. The van der Waals surface area contributed by atoms with E-state index in [1.807, 2.05) is 31.2 Å². The lowest BCUT2D eigenvalue weighted by atomic mass is 10.1. The van der Waals surface area contributed by atoms with E-state index in [1.54, 1.807) is 30.5 Å². The molecule has 1 amide bonds. The number of carbonyl (C=O) groups excluding carboxylic acids is 2. The summed E-state index contributed by atoms with van der Waals surface area (Å²) in [6.07, 6.45) is 1.68. The number of nitrogens with one attached hydrogen (secondary N) is 1. The second-order valence-electron chi connectivity index (χ2n) is 5.58. The van der Waals surface area contributed by atoms with Crippen LogP contribution < -0.4 is 5.32 Å². The monoisotopic (exact) mass is 351 g/mol. The predicted molar refractivity (Wildman–Crippen MR) is 99.9 cm³/mol. The molecule has 1 unspecified atom stereocenters. The van der Waals surface area contributed by atoms with Gasteiger partial charge in [-0.05, 0) is 50.2 Å². The van der Waals surface area contributed by atoms with Crippen molar-refractivity contribution in [3.8, 4) is 0 Å². The van der Waals surface area contributed by atoms with Crippen LogP contribution in [0.5, 0.6) is 0 Å². The molecule has 0 saturated carbocycles. The first kappa shape index (κ1) is 17.1. The molecular formula is C19H17N3O2S. The Bertz CT molecular complexity index is 925. The largest absolute Gasteiger partial charge is 0.325 e. The van der Waals surface area contributed by atoms with Gasteiger partial charge in [-0.2, -0.15) is 0 Å². The topological polar surface area (TPSA) is 72.0 Å². The van der Waals surface area contributed by atoms with Crippen LogP contribution in [-0.4, -0.2) is 26.9 Å². The summed E-state index contributed by atoms with van der Waals surface area (Å²) in [5.41, 5.74) is 2.91. The summed E-state index contributed by atoms with van der Waals surface area (Å²) in [5, 5.41) is 3.22. The predicted octanol–water partition coefficient (Wildman–Crippen LogP) is 3.95. The molecule has 1 atom stereocenters. The minimum Gasteiger partial charge on any atom is -0.325 e. The van der Waals surface area contributed by atoms with Crippen molar-refractivity contribution >= 4 is 40.2 Å². The molecule has 0 aliphatic rings. The lowest BCUT2D eigenvalue weighted by Gasteiger charge is -2.12. The molecule has 5 nitrogen and oxygen atoms in total. The number of benzene rings is 2. The summed E-state index contributed by atoms with van der Waals surface area (Å²) in [6.45, 7) is 3.33. The summed E-state index contributed by atoms with van der Waals surface area (Å²) in [7, 11) is 0. The molecule has 3 rings (SSSR count). The number of hydrogen-bond acceptors (Lipinski definition) is 5. The number of rotatable bonds is 5. The Kier molecular flexibility index (Phi) is 5.09. The Labute approximate surface area is 149 Å². The van der Waals surface area contributed by atoms with Crippen LogP contribution in [0.25, 0.3) is 11.0 Å². The molecule has 0 aliphatic heterocycles. The summed E-state index contributed by atoms with van der Waals surface area (Å²) >= 11 is 1.35. The fraction of sp³-hybridized carbons (Fsp3) is 0.158. The summed E-state index contributed by atoms with van der Waals surface area (Å²) < 4.78 is 0. The normalized spacial score (nSPS) is 11.9. The van der Waals surface area contributed by atoms with Crippen molar-refractivity contribution in [3.05, 3.63) is 60.3 Å². The quantitative estimate of drug-likeness (QED) is 0.556. The Hall–Kier alpha value is -2.73. The van der Waals surface area contributed by atoms with Crippen molar-refractivity contribution < 1.29 is 9.59 Å². The molecule has 1 aromatic heterocycles. The first-order valence-electron chi connectivity index (χ1n) is 7.83. The van der Waals surface area contributed by atoms with E-state index in [0.29, 0.717) is 16.3 Å². The van der Waals surface area contributed by atoms with Crippen LogP contribution >= 0.6 is 11.8 Å². The molecular weight excluding hydrogens is 334 g/mol. The molecule has 1 heterocycles. The first-order chi connectivity index (χ1) is 12.0. The van der Waals surface area contributed by atoms with Crippen molar-refractivity contribution in [1.82, 2.24) is 9.97 Å². The van der Waals surface area contributed by atoms with Crippen LogP contribution in [0.15, 0.2) is 59.8 Å². The molecule has 3 aromatic rings. The molecule has 25 heavy (non-hydrogen) atoms. The number of anilines is 1. The standard InChI is InChI=1S/C19H17N3O2S/c1-12(23)14-7-9-15(10-8-14)21-19(24)13(2)25-18-11-20-16-5-3-4-6-17(16)22-18/h3-11,13H,1-2H3,(H,21,24). The zero-order chi connectivity index (χ0) is 17.8. The maximum Gasteiger partial charge on any atom is 0.237 e. The van der Waals surface area contributed by atoms with Gasteiger partial charge in [-0.1, -0.05) is 23.9 Å². The van der Waals surface area contributed by atoms with E-state index in [0.717, 1.165) is 11.0 Å².